The largest absolute Gasteiger partial charge is 0.465 e. The first-order chi connectivity index (χ1) is 9.96. The molecule has 0 saturated carbocycles. The topological polar surface area (TPSA) is 90.7 Å². The van der Waals surface area contributed by atoms with Gasteiger partial charge in [-0.2, -0.15) is 0 Å². The summed E-state index contributed by atoms with van der Waals surface area (Å²) in [5, 5.41) is 2.93. The molecule has 1 aromatic rings. The van der Waals surface area contributed by atoms with Gasteiger partial charge in [-0.15, -0.1) is 12.4 Å². The van der Waals surface area contributed by atoms with E-state index in [1.54, 1.807) is 6.07 Å². The number of rotatable bonds is 3. The number of anilines is 1. The highest BCUT2D eigenvalue weighted by Gasteiger charge is 2.35. The Morgan fingerprint density at radius 1 is 1.36 bits per heavy atom. The van der Waals surface area contributed by atoms with Gasteiger partial charge in [0.2, 0.25) is 5.91 Å². The average molecular weight is 349 g/mol. The van der Waals surface area contributed by atoms with Crippen molar-refractivity contribution in [2.75, 3.05) is 25.6 Å². The molecule has 1 aliphatic heterocycles. The molecule has 22 heavy (non-hydrogen) atoms. The van der Waals surface area contributed by atoms with Gasteiger partial charge in [-0.25, -0.2) is 4.79 Å². The minimum absolute atomic E-state index is 0. The maximum Gasteiger partial charge on any atom is 0.339 e. The summed E-state index contributed by atoms with van der Waals surface area (Å²) in [6.45, 7) is 0.928. The molecule has 0 spiro atoms. The first-order valence-electron chi connectivity index (χ1n) is 6.52. The highest BCUT2D eigenvalue weighted by Crippen LogP contribution is 2.24. The molecular weight excluding hydrogens is 331 g/mol. The zero-order chi connectivity index (χ0) is 15.5. The maximum absolute atomic E-state index is 12.2. The summed E-state index contributed by atoms with van der Waals surface area (Å²) < 4.78 is 9.81. The average Bonchev–Trinajstić information content (AvgIpc) is 2.47. The van der Waals surface area contributed by atoms with Crippen molar-refractivity contribution in [3.05, 3.63) is 28.8 Å². The predicted octanol–water partition coefficient (Wildman–Crippen LogP) is 1.99. The second-order valence-electron chi connectivity index (χ2n) is 4.91. The van der Waals surface area contributed by atoms with Crippen LogP contribution in [0.5, 0.6) is 0 Å². The lowest BCUT2D eigenvalue weighted by Crippen LogP contribution is -2.54. The summed E-state index contributed by atoms with van der Waals surface area (Å²) in [7, 11) is 1.28. The van der Waals surface area contributed by atoms with Crippen molar-refractivity contribution < 1.29 is 19.1 Å². The number of methoxy groups -OCH3 is 1. The van der Waals surface area contributed by atoms with Gasteiger partial charge in [0, 0.05) is 18.9 Å². The minimum Gasteiger partial charge on any atom is -0.465 e. The number of hydrogen-bond acceptors (Lipinski definition) is 5. The Morgan fingerprint density at radius 2 is 2.00 bits per heavy atom. The maximum atomic E-state index is 12.2. The van der Waals surface area contributed by atoms with Gasteiger partial charge in [0.25, 0.3) is 0 Å². The Bertz CT molecular complexity index is 560. The minimum atomic E-state index is -0.939. The molecule has 0 bridgehead atoms. The van der Waals surface area contributed by atoms with E-state index in [0.29, 0.717) is 31.7 Å². The van der Waals surface area contributed by atoms with E-state index in [2.05, 4.69) is 10.1 Å². The third kappa shape index (κ3) is 4.10. The summed E-state index contributed by atoms with van der Waals surface area (Å²) in [5.74, 6) is -0.815. The van der Waals surface area contributed by atoms with Crippen molar-refractivity contribution in [3.63, 3.8) is 0 Å². The van der Waals surface area contributed by atoms with Crippen molar-refractivity contribution >= 4 is 41.6 Å². The van der Waals surface area contributed by atoms with E-state index in [0.717, 1.165) is 0 Å². The van der Waals surface area contributed by atoms with Gasteiger partial charge < -0.3 is 20.5 Å². The Kier molecular flexibility index (Phi) is 6.62. The van der Waals surface area contributed by atoms with Gasteiger partial charge in [-0.1, -0.05) is 11.6 Å². The molecule has 1 saturated heterocycles. The lowest BCUT2D eigenvalue weighted by atomic mass is 9.90. The number of hydrogen-bond donors (Lipinski definition) is 2. The van der Waals surface area contributed by atoms with Crippen LogP contribution in [-0.2, 0) is 14.3 Å². The van der Waals surface area contributed by atoms with Crippen molar-refractivity contribution in [3.8, 4) is 0 Å². The Balaban J connectivity index is 0.00000242. The van der Waals surface area contributed by atoms with Crippen LogP contribution >= 0.6 is 24.0 Å². The zero-order valence-electron chi connectivity index (χ0n) is 12.1. The van der Waals surface area contributed by atoms with Crippen molar-refractivity contribution in [1.82, 2.24) is 0 Å². The Morgan fingerprint density at radius 3 is 2.55 bits per heavy atom. The third-order valence-corrected chi connectivity index (χ3v) is 3.78. The van der Waals surface area contributed by atoms with E-state index in [4.69, 9.17) is 22.1 Å². The smallest absolute Gasteiger partial charge is 0.339 e. The third-order valence-electron chi connectivity index (χ3n) is 3.47. The first kappa shape index (κ1) is 18.7. The second kappa shape index (κ2) is 7.78. The second-order valence-corrected chi connectivity index (χ2v) is 5.32. The highest BCUT2D eigenvalue weighted by molar-refractivity contribution is 6.34. The van der Waals surface area contributed by atoms with Crippen molar-refractivity contribution in [2.45, 2.75) is 18.4 Å². The number of ether oxygens (including phenoxy) is 2. The SMILES string of the molecule is COC(=O)c1ccc(NC(=O)C2(N)CCOCC2)cc1Cl.Cl. The normalized spacial score (nSPS) is 16.3. The van der Waals surface area contributed by atoms with Crippen LogP contribution in [0.15, 0.2) is 18.2 Å². The lowest BCUT2D eigenvalue weighted by Gasteiger charge is -2.31. The molecule has 0 unspecified atom stereocenters. The van der Waals surface area contributed by atoms with Gasteiger partial charge in [0.05, 0.1) is 17.7 Å². The molecule has 1 fully saturated rings. The number of amides is 1. The number of carbonyl (C=O) groups excluding carboxylic acids is 2. The lowest BCUT2D eigenvalue weighted by molar-refractivity contribution is -0.124. The fraction of sp³-hybridized carbons (Fsp3) is 0.429. The van der Waals surface area contributed by atoms with Crippen molar-refractivity contribution in [1.29, 1.82) is 0 Å². The van der Waals surface area contributed by atoms with Gasteiger partial charge >= 0.3 is 5.97 Å². The van der Waals surface area contributed by atoms with Crippen LogP contribution in [0.4, 0.5) is 5.69 Å². The molecule has 8 heteroatoms. The van der Waals surface area contributed by atoms with E-state index < -0.39 is 11.5 Å². The Labute approximate surface area is 139 Å². The summed E-state index contributed by atoms with van der Waals surface area (Å²) in [6, 6.07) is 4.57. The van der Waals surface area contributed by atoms with Crippen molar-refractivity contribution in [2.24, 2.45) is 5.73 Å². The fourth-order valence-corrected chi connectivity index (χ4v) is 2.34. The van der Waals surface area contributed by atoms with Crippen LogP contribution in [0.25, 0.3) is 0 Å². The molecule has 1 heterocycles. The molecule has 6 nitrogen and oxygen atoms in total. The molecule has 0 aromatic heterocycles. The number of nitrogens with two attached hydrogens (primary N) is 1. The van der Waals surface area contributed by atoms with Crippen LogP contribution in [0.2, 0.25) is 5.02 Å². The molecule has 122 valence electrons. The molecule has 3 N–H and O–H groups in total. The van der Waals surface area contributed by atoms with Gasteiger partial charge in [-0.05, 0) is 31.0 Å². The summed E-state index contributed by atoms with van der Waals surface area (Å²) in [5.41, 5.74) is 5.87. The number of esters is 1. The first-order valence-corrected chi connectivity index (χ1v) is 6.90. The van der Waals surface area contributed by atoms with Crippen LogP contribution in [0.1, 0.15) is 23.2 Å². The van der Waals surface area contributed by atoms with E-state index >= 15 is 0 Å². The quantitative estimate of drug-likeness (QED) is 0.815. The van der Waals surface area contributed by atoms with Crippen LogP contribution in [0, 0.1) is 0 Å². The molecule has 0 atom stereocenters. The van der Waals surface area contributed by atoms with E-state index in [9.17, 15) is 9.59 Å². The predicted molar refractivity (Wildman–Crippen MR) is 85.6 cm³/mol. The molecule has 1 aliphatic rings. The van der Waals surface area contributed by atoms with E-state index in [1.807, 2.05) is 0 Å². The number of nitrogens with one attached hydrogen (secondary N) is 1. The summed E-state index contributed by atoms with van der Waals surface area (Å²) in [4.78, 5) is 23.7. The number of carbonyl (C=O) groups is 2. The van der Waals surface area contributed by atoms with E-state index in [1.165, 1.54) is 19.2 Å². The molecule has 0 aliphatic carbocycles. The summed E-state index contributed by atoms with van der Waals surface area (Å²) >= 11 is 6.00. The zero-order valence-corrected chi connectivity index (χ0v) is 13.6. The van der Waals surface area contributed by atoms with E-state index in [-0.39, 0.29) is 28.9 Å². The van der Waals surface area contributed by atoms with Gasteiger partial charge in [-0.3, -0.25) is 4.79 Å². The molecule has 0 radical (unpaired) electrons. The highest BCUT2D eigenvalue weighted by atomic mass is 35.5. The van der Waals surface area contributed by atoms with Gasteiger partial charge in [0.15, 0.2) is 0 Å². The van der Waals surface area contributed by atoms with Crippen LogP contribution in [0.3, 0.4) is 0 Å². The molecule has 2 rings (SSSR count). The monoisotopic (exact) mass is 348 g/mol. The Hall–Kier alpha value is -1.34. The molecular formula is C14H18Cl2N2O4. The molecule has 1 aromatic carbocycles. The standard InChI is InChI=1S/C14H17ClN2O4.ClH/c1-20-12(18)10-3-2-9(8-11(10)15)17-13(19)14(16)4-6-21-7-5-14;/h2-3,8H,4-7,16H2,1H3,(H,17,19);1H. The summed E-state index contributed by atoms with van der Waals surface area (Å²) in [6.07, 6.45) is 0.930. The van der Waals surface area contributed by atoms with Crippen LogP contribution in [-0.4, -0.2) is 37.7 Å². The van der Waals surface area contributed by atoms with Crippen LogP contribution < -0.4 is 11.1 Å². The van der Waals surface area contributed by atoms with Gasteiger partial charge in [0.1, 0.15) is 5.54 Å². The number of halogens is 2. The molecule has 1 amide bonds. The number of benzene rings is 1. The fourth-order valence-electron chi connectivity index (χ4n) is 2.09.